The summed E-state index contributed by atoms with van der Waals surface area (Å²) in [5, 5.41) is 15.8. The van der Waals surface area contributed by atoms with Crippen LogP contribution >= 0.6 is 0 Å². The highest BCUT2D eigenvalue weighted by atomic mass is 16.4. The number of aromatic nitrogens is 1. The van der Waals surface area contributed by atoms with Crippen LogP contribution in [0.1, 0.15) is 16.9 Å². The van der Waals surface area contributed by atoms with Gasteiger partial charge in [0.1, 0.15) is 11.9 Å². The van der Waals surface area contributed by atoms with Crippen LogP contribution in [0.15, 0.2) is 29.6 Å². The first kappa shape index (κ1) is 13.6. The highest BCUT2D eigenvalue weighted by molar-refractivity contribution is 6.25. The van der Waals surface area contributed by atoms with Crippen LogP contribution in [0.4, 0.5) is 0 Å². The fraction of sp³-hybridized carbons (Fsp3) is 0.273. The van der Waals surface area contributed by atoms with Crippen molar-refractivity contribution in [2.75, 3.05) is 13.1 Å². The first-order valence-corrected chi connectivity index (χ1v) is 5.38. The number of amides is 2. The van der Waals surface area contributed by atoms with Crippen molar-refractivity contribution in [1.29, 1.82) is 0 Å². The summed E-state index contributed by atoms with van der Waals surface area (Å²) in [6, 6.07) is 5.08. The van der Waals surface area contributed by atoms with Gasteiger partial charge >= 0.3 is 0 Å². The number of carbonyl (C=O) groups is 2. The van der Waals surface area contributed by atoms with Crippen molar-refractivity contribution < 1.29 is 14.8 Å². The number of rotatable bonds is 6. The Morgan fingerprint density at radius 2 is 2.11 bits per heavy atom. The highest BCUT2D eigenvalue weighted by Crippen LogP contribution is 1.92. The second-order valence-electron chi connectivity index (χ2n) is 3.36. The van der Waals surface area contributed by atoms with E-state index in [2.05, 4.69) is 20.8 Å². The maximum absolute atomic E-state index is 11.5. The number of nitrogens with one attached hydrogen (secondary N) is 2. The summed E-state index contributed by atoms with van der Waals surface area (Å²) in [6.45, 7) is 0.805. The summed E-state index contributed by atoms with van der Waals surface area (Å²) in [5.41, 5.74) is 0.356. The van der Waals surface area contributed by atoms with Crippen molar-refractivity contribution in [2.45, 2.75) is 6.42 Å². The van der Waals surface area contributed by atoms with Crippen LogP contribution < -0.4 is 10.6 Å². The predicted octanol–water partition coefficient (Wildman–Crippen LogP) is -0.222. The van der Waals surface area contributed by atoms with E-state index in [9.17, 15) is 9.59 Å². The molecule has 1 rings (SSSR count). The van der Waals surface area contributed by atoms with Crippen molar-refractivity contribution in [3.63, 3.8) is 0 Å². The van der Waals surface area contributed by atoms with Gasteiger partial charge in [-0.3, -0.25) is 14.6 Å². The number of carbonyl (C=O) groups excluding carboxylic acids is 2. The summed E-state index contributed by atoms with van der Waals surface area (Å²) >= 11 is 0. The van der Waals surface area contributed by atoms with E-state index in [0.29, 0.717) is 25.2 Å². The van der Waals surface area contributed by atoms with Gasteiger partial charge in [0.05, 0.1) is 0 Å². The first-order chi connectivity index (χ1) is 8.74. The van der Waals surface area contributed by atoms with Gasteiger partial charge in [0, 0.05) is 19.3 Å². The lowest BCUT2D eigenvalue weighted by Crippen LogP contribution is -2.30. The molecule has 0 fully saturated rings. The molecule has 0 saturated carbocycles. The lowest BCUT2D eigenvalue weighted by molar-refractivity contribution is -0.114. The topological polar surface area (TPSA) is 104 Å². The van der Waals surface area contributed by atoms with Crippen LogP contribution in [0.2, 0.25) is 0 Å². The molecule has 1 aromatic heterocycles. The lowest BCUT2D eigenvalue weighted by Gasteiger charge is -2.04. The van der Waals surface area contributed by atoms with Gasteiger partial charge in [-0.1, -0.05) is 11.2 Å². The summed E-state index contributed by atoms with van der Waals surface area (Å²) in [5.74, 6) is -0.729. The Kier molecular flexibility index (Phi) is 5.88. The van der Waals surface area contributed by atoms with Gasteiger partial charge in [0.15, 0.2) is 0 Å². The van der Waals surface area contributed by atoms with E-state index >= 15 is 0 Å². The lowest BCUT2D eigenvalue weighted by atomic mass is 10.3. The second kappa shape index (κ2) is 7.77. The zero-order valence-electron chi connectivity index (χ0n) is 9.67. The Labute approximate surface area is 104 Å². The fourth-order valence-corrected chi connectivity index (χ4v) is 1.19. The van der Waals surface area contributed by atoms with Crippen molar-refractivity contribution >= 4 is 18.0 Å². The normalized spacial score (nSPS) is 10.2. The minimum Gasteiger partial charge on any atom is -0.411 e. The van der Waals surface area contributed by atoms with Gasteiger partial charge in [0.25, 0.3) is 11.8 Å². The number of hydrogen-bond acceptors (Lipinski definition) is 5. The van der Waals surface area contributed by atoms with Crippen LogP contribution in [-0.2, 0) is 4.79 Å². The van der Waals surface area contributed by atoms with Crippen molar-refractivity contribution in [2.24, 2.45) is 5.16 Å². The van der Waals surface area contributed by atoms with Gasteiger partial charge in [-0.15, -0.1) is 0 Å². The average molecular weight is 250 g/mol. The molecule has 0 bridgehead atoms. The molecule has 0 aliphatic rings. The predicted molar refractivity (Wildman–Crippen MR) is 64.5 cm³/mol. The highest BCUT2D eigenvalue weighted by Gasteiger charge is 2.04. The van der Waals surface area contributed by atoms with Gasteiger partial charge in [-0.2, -0.15) is 0 Å². The van der Waals surface area contributed by atoms with Gasteiger partial charge in [-0.25, -0.2) is 0 Å². The van der Waals surface area contributed by atoms with Gasteiger partial charge in [0.2, 0.25) is 0 Å². The molecule has 7 nitrogen and oxygen atoms in total. The number of hydrogen-bond donors (Lipinski definition) is 3. The van der Waals surface area contributed by atoms with Gasteiger partial charge < -0.3 is 15.8 Å². The molecule has 0 aliphatic heterocycles. The molecule has 0 aliphatic carbocycles. The first-order valence-electron chi connectivity index (χ1n) is 5.38. The Balaban J connectivity index is 2.15. The van der Waals surface area contributed by atoms with E-state index in [1.165, 1.54) is 0 Å². The van der Waals surface area contributed by atoms with E-state index < -0.39 is 5.91 Å². The zero-order valence-corrected chi connectivity index (χ0v) is 9.67. The van der Waals surface area contributed by atoms with E-state index in [0.717, 1.165) is 6.21 Å². The van der Waals surface area contributed by atoms with Crippen LogP contribution in [0, 0.1) is 0 Å². The summed E-state index contributed by atoms with van der Waals surface area (Å²) in [6.07, 6.45) is 2.89. The number of oxime groups is 1. The third-order valence-corrected chi connectivity index (χ3v) is 2.01. The molecular weight excluding hydrogens is 236 g/mol. The maximum atomic E-state index is 11.5. The summed E-state index contributed by atoms with van der Waals surface area (Å²) < 4.78 is 0. The van der Waals surface area contributed by atoms with E-state index in [-0.39, 0.29) is 5.91 Å². The van der Waals surface area contributed by atoms with Crippen molar-refractivity contribution in [1.82, 2.24) is 15.6 Å². The maximum Gasteiger partial charge on any atom is 0.269 e. The van der Waals surface area contributed by atoms with Crippen LogP contribution in [0.5, 0.6) is 0 Å². The zero-order chi connectivity index (χ0) is 13.2. The average Bonchev–Trinajstić information content (AvgIpc) is 2.39. The van der Waals surface area contributed by atoms with Crippen LogP contribution in [0.25, 0.3) is 0 Å². The molecule has 0 aromatic carbocycles. The third-order valence-electron chi connectivity index (χ3n) is 2.01. The third kappa shape index (κ3) is 5.06. The smallest absolute Gasteiger partial charge is 0.269 e. The van der Waals surface area contributed by atoms with E-state index in [1.807, 2.05) is 0 Å². The monoisotopic (exact) mass is 250 g/mol. The summed E-state index contributed by atoms with van der Waals surface area (Å²) in [7, 11) is 0. The summed E-state index contributed by atoms with van der Waals surface area (Å²) in [4.78, 5) is 26.3. The number of nitrogens with zero attached hydrogens (tertiary/aromatic N) is 2. The Morgan fingerprint density at radius 3 is 2.78 bits per heavy atom. The van der Waals surface area contributed by atoms with Crippen LogP contribution in [-0.4, -0.2) is 41.3 Å². The molecular formula is C11H14N4O3. The Morgan fingerprint density at radius 1 is 1.33 bits per heavy atom. The van der Waals surface area contributed by atoms with Crippen LogP contribution in [0.3, 0.4) is 0 Å². The molecule has 0 atom stereocenters. The quantitative estimate of drug-likeness (QED) is 0.281. The van der Waals surface area contributed by atoms with Crippen molar-refractivity contribution in [3.8, 4) is 0 Å². The standard InChI is InChI=1S/C11H14N4O3/c16-10(8-15-18)13-6-3-7-14-11(17)9-4-1-2-5-12-9/h1-2,4-5,8,18H,3,6-7H2,(H,13,16)(H,14,17). The van der Waals surface area contributed by atoms with E-state index in [4.69, 9.17) is 5.21 Å². The second-order valence-corrected chi connectivity index (χ2v) is 3.36. The molecule has 1 heterocycles. The molecule has 0 saturated heterocycles. The molecule has 0 spiro atoms. The SMILES string of the molecule is O=C(C=NO)NCCCNC(=O)c1ccccn1. The molecule has 18 heavy (non-hydrogen) atoms. The molecule has 3 N–H and O–H groups in total. The largest absolute Gasteiger partial charge is 0.411 e. The molecule has 2 amide bonds. The van der Waals surface area contributed by atoms with Gasteiger partial charge in [-0.05, 0) is 18.6 Å². The van der Waals surface area contributed by atoms with Crippen molar-refractivity contribution in [3.05, 3.63) is 30.1 Å². The molecule has 96 valence electrons. The minimum atomic E-state index is -0.478. The Bertz CT molecular complexity index is 420. The molecule has 0 radical (unpaired) electrons. The number of pyridine rings is 1. The molecule has 0 unspecified atom stereocenters. The molecule has 7 heteroatoms. The minimum absolute atomic E-state index is 0.251. The fourth-order valence-electron chi connectivity index (χ4n) is 1.19. The molecule has 1 aromatic rings. The Hall–Kier alpha value is -2.44. The van der Waals surface area contributed by atoms with E-state index in [1.54, 1.807) is 24.4 Å².